The summed E-state index contributed by atoms with van der Waals surface area (Å²) in [6.45, 7) is 3.39. The van der Waals surface area contributed by atoms with E-state index in [0.717, 1.165) is 5.56 Å². The summed E-state index contributed by atoms with van der Waals surface area (Å²) in [6, 6.07) is 13.3. The molecule has 2 aromatic carbocycles. The molecule has 1 amide bonds. The van der Waals surface area contributed by atoms with Gasteiger partial charge in [0.2, 0.25) is 0 Å². The first kappa shape index (κ1) is 15.5. The fraction of sp³-hybridized carbons (Fsp3) is 0.188. The van der Waals surface area contributed by atoms with E-state index in [9.17, 15) is 14.9 Å². The Balaban J connectivity index is 2.08. The molecule has 0 aromatic heterocycles. The first-order chi connectivity index (χ1) is 10.5. The van der Waals surface area contributed by atoms with Crippen molar-refractivity contribution in [2.24, 2.45) is 0 Å². The number of anilines is 1. The molecule has 0 aliphatic carbocycles. The first-order valence-electron chi connectivity index (χ1n) is 6.75. The fourth-order valence-electron chi connectivity index (χ4n) is 1.85. The molecule has 1 N–H and O–H groups in total. The van der Waals surface area contributed by atoms with Gasteiger partial charge in [-0.05, 0) is 31.5 Å². The number of nitro groups is 1. The number of amides is 1. The number of non-ortho nitro benzene ring substituents is 1. The second-order valence-electron chi connectivity index (χ2n) is 4.82. The molecule has 0 heterocycles. The summed E-state index contributed by atoms with van der Waals surface area (Å²) in [4.78, 5) is 22.4. The summed E-state index contributed by atoms with van der Waals surface area (Å²) in [7, 11) is 0. The number of nitrogens with zero attached hydrogens (tertiary/aromatic N) is 1. The fourth-order valence-corrected chi connectivity index (χ4v) is 1.85. The lowest BCUT2D eigenvalue weighted by Crippen LogP contribution is -2.30. The molecule has 0 saturated carbocycles. The lowest BCUT2D eigenvalue weighted by atomic mass is 10.1. The molecule has 22 heavy (non-hydrogen) atoms. The Hall–Kier alpha value is -2.89. The monoisotopic (exact) mass is 300 g/mol. The van der Waals surface area contributed by atoms with Crippen molar-refractivity contribution < 1.29 is 14.5 Å². The van der Waals surface area contributed by atoms with Crippen LogP contribution in [0, 0.1) is 17.0 Å². The highest BCUT2D eigenvalue weighted by atomic mass is 16.6. The number of benzene rings is 2. The van der Waals surface area contributed by atoms with E-state index in [0.29, 0.717) is 11.4 Å². The summed E-state index contributed by atoms with van der Waals surface area (Å²) < 4.78 is 5.52. The molecular formula is C16H16N2O4. The third-order valence-electron chi connectivity index (χ3n) is 3.12. The zero-order valence-electron chi connectivity index (χ0n) is 12.3. The Labute approximate surface area is 127 Å². The van der Waals surface area contributed by atoms with Gasteiger partial charge in [0.15, 0.2) is 6.10 Å². The average molecular weight is 300 g/mol. The minimum Gasteiger partial charge on any atom is -0.481 e. The van der Waals surface area contributed by atoms with Crippen molar-refractivity contribution in [1.29, 1.82) is 0 Å². The highest BCUT2D eigenvalue weighted by Crippen LogP contribution is 2.22. The van der Waals surface area contributed by atoms with Crippen LogP contribution in [-0.2, 0) is 4.79 Å². The second-order valence-corrected chi connectivity index (χ2v) is 4.82. The van der Waals surface area contributed by atoms with E-state index in [1.54, 1.807) is 32.0 Å². The smallest absolute Gasteiger partial charge is 0.271 e. The first-order valence-corrected chi connectivity index (χ1v) is 6.75. The van der Waals surface area contributed by atoms with E-state index >= 15 is 0 Å². The third-order valence-corrected chi connectivity index (χ3v) is 3.12. The van der Waals surface area contributed by atoms with Gasteiger partial charge in [-0.15, -0.1) is 0 Å². The summed E-state index contributed by atoms with van der Waals surface area (Å²) in [5.74, 6) is 0.216. The van der Waals surface area contributed by atoms with E-state index in [1.807, 2.05) is 18.2 Å². The number of rotatable bonds is 5. The zero-order chi connectivity index (χ0) is 16.1. The molecule has 2 rings (SSSR count). The molecule has 2 aromatic rings. The van der Waals surface area contributed by atoms with E-state index < -0.39 is 11.0 Å². The minimum absolute atomic E-state index is 0.0717. The standard InChI is InChI=1S/C16H16N2O4/c1-11-8-9-13(18(20)21)10-15(11)17-16(19)12(2)22-14-6-4-3-5-7-14/h3-10,12H,1-2H3,(H,17,19)/t12-/m0/s1. The normalized spacial score (nSPS) is 11.5. The van der Waals surface area contributed by atoms with Crippen molar-refractivity contribution in [3.8, 4) is 5.75 Å². The van der Waals surface area contributed by atoms with Crippen molar-refractivity contribution in [3.05, 3.63) is 64.2 Å². The van der Waals surface area contributed by atoms with E-state index in [1.165, 1.54) is 12.1 Å². The number of hydrogen-bond acceptors (Lipinski definition) is 4. The summed E-state index contributed by atoms with van der Waals surface area (Å²) >= 11 is 0. The third kappa shape index (κ3) is 3.82. The van der Waals surface area contributed by atoms with Gasteiger partial charge in [-0.1, -0.05) is 24.3 Å². The van der Waals surface area contributed by atoms with Crippen molar-refractivity contribution in [2.45, 2.75) is 20.0 Å². The number of para-hydroxylation sites is 1. The number of carbonyl (C=O) groups excluding carboxylic acids is 1. The van der Waals surface area contributed by atoms with Crippen molar-refractivity contribution >= 4 is 17.3 Å². The SMILES string of the molecule is Cc1ccc([N+](=O)[O-])cc1NC(=O)[C@H](C)Oc1ccccc1. The number of hydrogen-bond donors (Lipinski definition) is 1. The number of ether oxygens (including phenoxy) is 1. The lowest BCUT2D eigenvalue weighted by molar-refractivity contribution is -0.384. The van der Waals surface area contributed by atoms with E-state index in [4.69, 9.17) is 4.74 Å². The van der Waals surface area contributed by atoms with E-state index in [-0.39, 0.29) is 11.6 Å². The van der Waals surface area contributed by atoms with Crippen LogP contribution in [0.3, 0.4) is 0 Å². The van der Waals surface area contributed by atoms with Gasteiger partial charge in [0, 0.05) is 12.1 Å². The second kappa shape index (κ2) is 6.71. The van der Waals surface area contributed by atoms with Crippen LogP contribution in [0.2, 0.25) is 0 Å². The number of aryl methyl sites for hydroxylation is 1. The van der Waals surface area contributed by atoms with E-state index in [2.05, 4.69) is 5.32 Å². The van der Waals surface area contributed by atoms with Crippen LogP contribution in [0.5, 0.6) is 5.75 Å². The summed E-state index contributed by atoms with van der Waals surface area (Å²) in [6.07, 6.45) is -0.721. The zero-order valence-corrected chi connectivity index (χ0v) is 12.3. The Bertz CT molecular complexity index is 686. The van der Waals surface area contributed by atoms with Crippen LogP contribution in [0.1, 0.15) is 12.5 Å². The molecular weight excluding hydrogens is 284 g/mol. The quantitative estimate of drug-likeness (QED) is 0.678. The Morgan fingerprint density at radius 1 is 1.23 bits per heavy atom. The molecule has 1 atom stereocenters. The number of nitro benzene ring substituents is 1. The predicted octanol–water partition coefficient (Wildman–Crippen LogP) is 3.31. The van der Waals surface area contributed by atoms with Crippen LogP contribution in [0.15, 0.2) is 48.5 Å². The Morgan fingerprint density at radius 3 is 2.55 bits per heavy atom. The van der Waals surface area contributed by atoms with Crippen LogP contribution >= 0.6 is 0 Å². The van der Waals surface area contributed by atoms with Crippen LogP contribution in [0.25, 0.3) is 0 Å². The molecule has 0 radical (unpaired) electrons. The topological polar surface area (TPSA) is 81.5 Å². The van der Waals surface area contributed by atoms with Crippen molar-refractivity contribution in [3.63, 3.8) is 0 Å². The summed E-state index contributed by atoms with van der Waals surface area (Å²) in [5, 5.41) is 13.5. The lowest BCUT2D eigenvalue weighted by Gasteiger charge is -2.15. The van der Waals surface area contributed by atoms with Crippen molar-refractivity contribution in [2.75, 3.05) is 5.32 Å². The van der Waals surface area contributed by atoms with Gasteiger partial charge in [-0.2, -0.15) is 0 Å². The number of carbonyl (C=O) groups is 1. The Kier molecular flexibility index (Phi) is 4.73. The number of nitrogens with one attached hydrogen (secondary N) is 1. The average Bonchev–Trinajstić information content (AvgIpc) is 2.50. The van der Waals surface area contributed by atoms with Gasteiger partial charge in [0.1, 0.15) is 5.75 Å². The Morgan fingerprint density at radius 2 is 1.91 bits per heavy atom. The van der Waals surface area contributed by atoms with Crippen LogP contribution in [0.4, 0.5) is 11.4 Å². The molecule has 0 fully saturated rings. The van der Waals surface area contributed by atoms with Crippen LogP contribution < -0.4 is 10.1 Å². The molecule has 0 aliphatic heterocycles. The predicted molar refractivity (Wildman–Crippen MR) is 83.0 cm³/mol. The van der Waals surface area contributed by atoms with Crippen molar-refractivity contribution in [1.82, 2.24) is 0 Å². The summed E-state index contributed by atoms with van der Waals surface area (Å²) in [5.41, 5.74) is 1.08. The largest absolute Gasteiger partial charge is 0.481 e. The van der Waals surface area contributed by atoms with Gasteiger partial charge in [0.25, 0.3) is 11.6 Å². The molecule has 6 nitrogen and oxygen atoms in total. The maximum Gasteiger partial charge on any atom is 0.271 e. The molecule has 0 spiro atoms. The van der Waals surface area contributed by atoms with Gasteiger partial charge in [-0.25, -0.2) is 0 Å². The van der Waals surface area contributed by atoms with Gasteiger partial charge in [-0.3, -0.25) is 14.9 Å². The molecule has 0 unspecified atom stereocenters. The maximum atomic E-state index is 12.1. The molecule has 6 heteroatoms. The maximum absolute atomic E-state index is 12.1. The van der Waals surface area contributed by atoms with Gasteiger partial charge in [0.05, 0.1) is 10.6 Å². The molecule has 0 aliphatic rings. The molecule has 0 bridgehead atoms. The highest BCUT2D eigenvalue weighted by Gasteiger charge is 2.17. The molecule has 0 saturated heterocycles. The van der Waals surface area contributed by atoms with Crippen LogP contribution in [-0.4, -0.2) is 16.9 Å². The minimum atomic E-state index is -0.721. The van der Waals surface area contributed by atoms with Gasteiger partial charge >= 0.3 is 0 Å². The highest BCUT2D eigenvalue weighted by molar-refractivity contribution is 5.95. The van der Waals surface area contributed by atoms with Gasteiger partial charge < -0.3 is 10.1 Å². The molecule has 114 valence electrons.